The van der Waals surface area contributed by atoms with E-state index in [0.717, 1.165) is 12.1 Å². The van der Waals surface area contributed by atoms with Gasteiger partial charge in [-0.3, -0.25) is 4.79 Å². The van der Waals surface area contributed by atoms with Crippen LogP contribution < -0.4 is 5.56 Å². The number of halogens is 3. The summed E-state index contributed by atoms with van der Waals surface area (Å²) in [5.74, 6) is 0.400. The summed E-state index contributed by atoms with van der Waals surface area (Å²) in [6, 6.07) is 4.34. The Balaban J connectivity index is 2.11. The lowest BCUT2D eigenvalue weighted by Gasteiger charge is -2.15. The SMILES string of the molecule is Cc1nc2c(c(C[C@@H](C)O)nn2[C@@H](C)c2ccc(C(F)(F)F)cc2)c(=O)[nH]1. The van der Waals surface area contributed by atoms with E-state index < -0.39 is 23.9 Å². The number of nitrogens with zero attached hydrogens (tertiary/aromatic N) is 3. The first kappa shape index (κ1) is 19.1. The van der Waals surface area contributed by atoms with Crippen molar-refractivity contribution in [2.45, 2.75) is 45.5 Å². The van der Waals surface area contributed by atoms with E-state index in [9.17, 15) is 23.1 Å². The third-order valence-corrected chi connectivity index (χ3v) is 4.33. The van der Waals surface area contributed by atoms with E-state index in [-0.39, 0.29) is 17.4 Å². The fraction of sp³-hybridized carbons (Fsp3) is 0.389. The zero-order valence-corrected chi connectivity index (χ0v) is 15.0. The van der Waals surface area contributed by atoms with Crippen molar-refractivity contribution in [1.82, 2.24) is 19.7 Å². The van der Waals surface area contributed by atoms with E-state index in [1.807, 2.05) is 0 Å². The molecule has 0 amide bonds. The van der Waals surface area contributed by atoms with Crippen molar-refractivity contribution in [2.75, 3.05) is 0 Å². The molecule has 9 heteroatoms. The van der Waals surface area contributed by atoms with Crippen LogP contribution in [0.5, 0.6) is 0 Å². The Labute approximate surface area is 152 Å². The first-order valence-electron chi connectivity index (χ1n) is 8.41. The number of fused-ring (bicyclic) bond motifs is 1. The molecule has 2 atom stereocenters. The summed E-state index contributed by atoms with van der Waals surface area (Å²) in [7, 11) is 0. The topological polar surface area (TPSA) is 83.8 Å². The van der Waals surface area contributed by atoms with Crippen LogP contribution in [0.3, 0.4) is 0 Å². The molecular formula is C18H19F3N4O2. The van der Waals surface area contributed by atoms with Gasteiger partial charge in [-0.2, -0.15) is 18.3 Å². The van der Waals surface area contributed by atoms with Gasteiger partial charge in [-0.15, -0.1) is 0 Å². The minimum Gasteiger partial charge on any atom is -0.393 e. The van der Waals surface area contributed by atoms with Gasteiger partial charge in [0.15, 0.2) is 5.65 Å². The van der Waals surface area contributed by atoms with Gasteiger partial charge in [-0.05, 0) is 38.5 Å². The maximum absolute atomic E-state index is 12.8. The van der Waals surface area contributed by atoms with Gasteiger partial charge in [-0.1, -0.05) is 12.1 Å². The molecule has 0 aliphatic heterocycles. The van der Waals surface area contributed by atoms with Gasteiger partial charge >= 0.3 is 6.18 Å². The predicted octanol–water partition coefficient (Wildman–Crippen LogP) is 2.98. The molecule has 144 valence electrons. The summed E-state index contributed by atoms with van der Waals surface area (Å²) in [5, 5.41) is 14.4. The Morgan fingerprint density at radius 1 is 1.22 bits per heavy atom. The van der Waals surface area contributed by atoms with Crippen molar-refractivity contribution in [1.29, 1.82) is 0 Å². The Morgan fingerprint density at radius 3 is 2.41 bits per heavy atom. The van der Waals surface area contributed by atoms with Gasteiger partial charge in [0.05, 0.1) is 23.4 Å². The van der Waals surface area contributed by atoms with Crippen molar-refractivity contribution < 1.29 is 18.3 Å². The summed E-state index contributed by atoms with van der Waals surface area (Å²) in [5.41, 5.74) is 0.227. The summed E-state index contributed by atoms with van der Waals surface area (Å²) in [6.07, 6.45) is -4.95. The number of hydrogen-bond acceptors (Lipinski definition) is 4. The number of benzene rings is 1. The van der Waals surface area contributed by atoms with E-state index in [1.165, 1.54) is 16.8 Å². The summed E-state index contributed by atoms with van der Waals surface area (Å²) < 4.78 is 39.8. The molecule has 2 N–H and O–H groups in total. The standard InChI is InChI=1S/C18H19F3N4O2/c1-9(26)8-14-15-16(22-11(3)23-17(15)27)25(24-14)10(2)12-4-6-13(7-5-12)18(19,20)21/h4-7,9-10,26H,8H2,1-3H3,(H,22,23,27)/t9-,10+/m1/s1. The number of H-pyrrole nitrogens is 1. The molecule has 0 aliphatic rings. The van der Waals surface area contributed by atoms with Crippen LogP contribution in [0.25, 0.3) is 11.0 Å². The number of nitrogens with one attached hydrogen (secondary N) is 1. The molecule has 0 fully saturated rings. The van der Waals surface area contributed by atoms with E-state index in [1.54, 1.807) is 20.8 Å². The highest BCUT2D eigenvalue weighted by atomic mass is 19.4. The molecule has 3 rings (SSSR count). The third kappa shape index (κ3) is 3.73. The average Bonchev–Trinajstić information content (AvgIpc) is 2.91. The molecule has 1 aromatic carbocycles. The van der Waals surface area contributed by atoms with E-state index >= 15 is 0 Å². The quantitative estimate of drug-likeness (QED) is 0.729. The Bertz CT molecular complexity index is 1020. The van der Waals surface area contributed by atoms with Crippen molar-refractivity contribution in [2.24, 2.45) is 0 Å². The molecule has 27 heavy (non-hydrogen) atoms. The summed E-state index contributed by atoms with van der Waals surface area (Å²) in [4.78, 5) is 19.3. The molecule has 0 saturated carbocycles. The van der Waals surface area contributed by atoms with Crippen LogP contribution in [0.15, 0.2) is 29.1 Å². The van der Waals surface area contributed by atoms with Gasteiger partial charge in [-0.25, -0.2) is 9.67 Å². The third-order valence-electron chi connectivity index (χ3n) is 4.33. The predicted molar refractivity (Wildman–Crippen MR) is 93.5 cm³/mol. The highest BCUT2D eigenvalue weighted by Gasteiger charge is 2.30. The molecule has 0 bridgehead atoms. The number of hydrogen-bond donors (Lipinski definition) is 2. The molecule has 3 aromatic rings. The second-order valence-corrected chi connectivity index (χ2v) is 6.59. The van der Waals surface area contributed by atoms with Gasteiger partial charge in [0.2, 0.25) is 0 Å². The molecule has 2 heterocycles. The summed E-state index contributed by atoms with van der Waals surface area (Å²) >= 11 is 0. The van der Waals surface area contributed by atoms with Crippen LogP contribution in [-0.2, 0) is 12.6 Å². The average molecular weight is 380 g/mol. The lowest BCUT2D eigenvalue weighted by atomic mass is 10.1. The maximum atomic E-state index is 12.8. The first-order chi connectivity index (χ1) is 12.6. The van der Waals surface area contributed by atoms with E-state index in [2.05, 4.69) is 15.1 Å². The monoisotopic (exact) mass is 380 g/mol. The van der Waals surface area contributed by atoms with Gasteiger partial charge in [0, 0.05) is 6.42 Å². The number of aliphatic hydroxyl groups excluding tert-OH is 1. The Kier molecular flexibility index (Phi) is 4.81. The smallest absolute Gasteiger partial charge is 0.393 e. The van der Waals surface area contributed by atoms with Gasteiger partial charge in [0.25, 0.3) is 5.56 Å². The Morgan fingerprint density at radius 2 is 1.85 bits per heavy atom. The number of alkyl halides is 3. The van der Waals surface area contributed by atoms with Gasteiger partial charge in [0.1, 0.15) is 11.2 Å². The fourth-order valence-electron chi connectivity index (χ4n) is 3.01. The van der Waals surface area contributed by atoms with Crippen LogP contribution in [0, 0.1) is 6.92 Å². The van der Waals surface area contributed by atoms with Crippen molar-refractivity contribution in [3.05, 3.63) is 57.3 Å². The molecule has 0 saturated heterocycles. The van der Waals surface area contributed by atoms with Crippen LogP contribution in [0.2, 0.25) is 0 Å². The molecule has 0 radical (unpaired) electrons. The maximum Gasteiger partial charge on any atom is 0.416 e. The molecule has 0 aliphatic carbocycles. The van der Waals surface area contributed by atoms with Crippen molar-refractivity contribution in [3.8, 4) is 0 Å². The van der Waals surface area contributed by atoms with Crippen LogP contribution >= 0.6 is 0 Å². The van der Waals surface area contributed by atoms with E-state index in [4.69, 9.17) is 0 Å². The lowest BCUT2D eigenvalue weighted by Crippen LogP contribution is -2.14. The number of aromatic amines is 1. The van der Waals surface area contributed by atoms with Crippen molar-refractivity contribution >= 4 is 11.0 Å². The van der Waals surface area contributed by atoms with E-state index in [0.29, 0.717) is 22.7 Å². The zero-order chi connectivity index (χ0) is 19.9. The molecule has 2 aromatic heterocycles. The highest BCUT2D eigenvalue weighted by molar-refractivity contribution is 5.77. The Hall–Kier alpha value is -2.68. The second kappa shape index (κ2) is 6.80. The summed E-state index contributed by atoms with van der Waals surface area (Å²) in [6.45, 7) is 4.98. The van der Waals surface area contributed by atoms with Crippen molar-refractivity contribution in [3.63, 3.8) is 0 Å². The number of rotatable bonds is 4. The van der Waals surface area contributed by atoms with Gasteiger partial charge < -0.3 is 10.1 Å². The molecule has 6 nitrogen and oxygen atoms in total. The number of aryl methyl sites for hydroxylation is 1. The first-order valence-corrected chi connectivity index (χ1v) is 8.41. The zero-order valence-electron chi connectivity index (χ0n) is 15.0. The largest absolute Gasteiger partial charge is 0.416 e. The van der Waals surface area contributed by atoms with Crippen LogP contribution in [0.1, 0.15) is 42.5 Å². The molecular weight excluding hydrogens is 361 g/mol. The second-order valence-electron chi connectivity index (χ2n) is 6.59. The normalized spacial score (nSPS) is 14.5. The minimum absolute atomic E-state index is 0.164. The highest BCUT2D eigenvalue weighted by Crippen LogP contribution is 2.31. The number of aliphatic hydroxyl groups is 1. The van der Waals surface area contributed by atoms with Crippen LogP contribution in [0.4, 0.5) is 13.2 Å². The fourth-order valence-corrected chi connectivity index (χ4v) is 3.01. The molecule has 0 spiro atoms. The minimum atomic E-state index is -4.41. The molecule has 0 unspecified atom stereocenters. The lowest BCUT2D eigenvalue weighted by molar-refractivity contribution is -0.137. The number of aromatic nitrogens is 4. The van der Waals surface area contributed by atoms with Crippen LogP contribution in [-0.4, -0.2) is 31.0 Å².